The van der Waals surface area contributed by atoms with Gasteiger partial charge in [0.1, 0.15) is 27.8 Å². The van der Waals surface area contributed by atoms with Gasteiger partial charge in [0.15, 0.2) is 5.76 Å². The Hall–Kier alpha value is -6.41. The molecule has 5 heterocycles. The summed E-state index contributed by atoms with van der Waals surface area (Å²) in [7, 11) is 3.48. The first kappa shape index (κ1) is 34.7. The number of thiazole rings is 1. The number of aryl methyl sites for hydroxylation is 1. The molecule has 1 aliphatic heterocycles. The highest BCUT2D eigenvalue weighted by Crippen LogP contribution is 2.32. The SMILES string of the molecule is COc1nccc(N(C)c2ccc(C)c(-c3cn(C4CCN(C(=O)c5cccc(C(=O)NCc6nc(-c7cc8ccccc8o7)cs6)c5)CC4)nn3)c2)n1. The van der Waals surface area contributed by atoms with Crippen LogP contribution in [0.3, 0.4) is 0 Å². The maximum atomic E-state index is 13.6. The van der Waals surface area contributed by atoms with Gasteiger partial charge < -0.3 is 24.3 Å². The van der Waals surface area contributed by atoms with Crippen molar-refractivity contribution in [2.75, 3.05) is 32.1 Å². The van der Waals surface area contributed by atoms with Crippen LogP contribution in [0.4, 0.5) is 11.5 Å². The van der Waals surface area contributed by atoms with Gasteiger partial charge in [-0.1, -0.05) is 35.5 Å². The van der Waals surface area contributed by atoms with Gasteiger partial charge in [0.2, 0.25) is 0 Å². The molecule has 1 saturated heterocycles. The van der Waals surface area contributed by atoms with Crippen LogP contribution in [0, 0.1) is 6.92 Å². The second kappa shape index (κ2) is 14.9. The molecule has 13 nitrogen and oxygen atoms in total. The molecule has 14 heteroatoms. The molecule has 3 aromatic carbocycles. The lowest BCUT2D eigenvalue weighted by molar-refractivity contribution is 0.0689. The summed E-state index contributed by atoms with van der Waals surface area (Å²) in [4.78, 5) is 43.7. The lowest BCUT2D eigenvalue weighted by Crippen LogP contribution is -2.39. The van der Waals surface area contributed by atoms with Crippen LogP contribution in [0.25, 0.3) is 33.7 Å². The summed E-state index contributed by atoms with van der Waals surface area (Å²) in [5.74, 6) is 1.02. The van der Waals surface area contributed by atoms with Crippen LogP contribution < -0.4 is 15.0 Å². The van der Waals surface area contributed by atoms with Crippen molar-refractivity contribution in [1.82, 2.24) is 40.2 Å². The van der Waals surface area contributed by atoms with Gasteiger partial charge in [0.05, 0.1) is 25.9 Å². The number of methoxy groups -OCH3 is 1. The number of hydrogen-bond acceptors (Lipinski definition) is 11. The third-order valence-corrected chi connectivity index (χ3v) is 10.5. The molecule has 4 aromatic heterocycles. The number of para-hydroxylation sites is 1. The van der Waals surface area contributed by atoms with Gasteiger partial charge in [-0.2, -0.15) is 4.98 Å². The Morgan fingerprint density at radius 3 is 2.65 bits per heavy atom. The predicted molar refractivity (Wildman–Crippen MR) is 206 cm³/mol. The smallest absolute Gasteiger partial charge is 0.318 e. The van der Waals surface area contributed by atoms with Gasteiger partial charge in [0, 0.05) is 59.5 Å². The van der Waals surface area contributed by atoms with Crippen molar-refractivity contribution in [3.05, 3.63) is 118 Å². The largest absolute Gasteiger partial charge is 0.467 e. The van der Waals surface area contributed by atoms with Crippen LogP contribution in [-0.4, -0.2) is 73.9 Å². The van der Waals surface area contributed by atoms with E-state index in [2.05, 4.69) is 49.6 Å². The predicted octanol–water partition coefficient (Wildman–Crippen LogP) is 7.10. The number of nitrogens with zero attached hydrogens (tertiary/aromatic N) is 8. The summed E-state index contributed by atoms with van der Waals surface area (Å²) in [5, 5.41) is 15.7. The molecular weight excluding hydrogens is 703 g/mol. The number of nitrogens with one attached hydrogen (secondary N) is 1. The van der Waals surface area contributed by atoms with E-state index in [0.717, 1.165) is 57.0 Å². The van der Waals surface area contributed by atoms with E-state index in [1.54, 1.807) is 37.6 Å². The molecule has 1 fully saturated rings. The number of anilines is 2. The van der Waals surface area contributed by atoms with E-state index in [4.69, 9.17) is 9.15 Å². The Kier molecular flexibility index (Phi) is 9.57. The van der Waals surface area contributed by atoms with Gasteiger partial charge in [-0.05, 0) is 73.9 Å². The molecule has 0 unspecified atom stereocenters. The molecule has 0 atom stereocenters. The van der Waals surface area contributed by atoms with Crippen molar-refractivity contribution in [3.8, 4) is 28.7 Å². The molecule has 0 radical (unpaired) electrons. The number of ether oxygens (including phenoxy) is 1. The van der Waals surface area contributed by atoms with Gasteiger partial charge in [-0.25, -0.2) is 14.6 Å². The number of rotatable bonds is 10. The first-order valence-corrected chi connectivity index (χ1v) is 18.5. The van der Waals surface area contributed by atoms with Crippen molar-refractivity contribution in [2.24, 2.45) is 0 Å². The number of likely N-dealkylation sites (tertiary alicyclic amines) is 1. The minimum atomic E-state index is -0.271. The van der Waals surface area contributed by atoms with E-state index >= 15 is 0 Å². The number of benzene rings is 3. The highest BCUT2D eigenvalue weighted by Gasteiger charge is 2.26. The molecule has 8 rings (SSSR count). The zero-order chi connectivity index (χ0) is 37.2. The van der Waals surface area contributed by atoms with Crippen LogP contribution >= 0.6 is 11.3 Å². The van der Waals surface area contributed by atoms with E-state index in [-0.39, 0.29) is 24.4 Å². The van der Waals surface area contributed by atoms with Crippen molar-refractivity contribution >= 4 is 45.6 Å². The summed E-state index contributed by atoms with van der Waals surface area (Å²) in [6.45, 7) is 3.44. The Labute approximate surface area is 315 Å². The summed E-state index contributed by atoms with van der Waals surface area (Å²) in [6, 6.07) is 25.1. The van der Waals surface area contributed by atoms with E-state index < -0.39 is 0 Å². The van der Waals surface area contributed by atoms with Crippen molar-refractivity contribution in [2.45, 2.75) is 32.4 Å². The molecule has 1 aliphatic rings. The molecule has 2 amide bonds. The maximum absolute atomic E-state index is 13.6. The minimum Gasteiger partial charge on any atom is -0.467 e. The molecule has 54 heavy (non-hydrogen) atoms. The van der Waals surface area contributed by atoms with Crippen LogP contribution in [0.15, 0.2) is 101 Å². The number of aromatic nitrogens is 6. The number of fused-ring (bicyclic) bond motifs is 1. The minimum absolute atomic E-state index is 0.101. The molecule has 0 spiro atoms. The molecule has 0 aliphatic carbocycles. The normalized spacial score (nSPS) is 13.3. The van der Waals surface area contributed by atoms with E-state index in [9.17, 15) is 9.59 Å². The van der Waals surface area contributed by atoms with Crippen LogP contribution in [-0.2, 0) is 6.54 Å². The maximum Gasteiger partial charge on any atom is 0.318 e. The number of carbonyl (C=O) groups is 2. The number of furan rings is 1. The number of piperidine rings is 1. The van der Waals surface area contributed by atoms with Crippen LogP contribution in [0.5, 0.6) is 6.01 Å². The summed E-state index contributed by atoms with van der Waals surface area (Å²) in [6.07, 6.45) is 5.11. The van der Waals surface area contributed by atoms with Crippen LogP contribution in [0.2, 0.25) is 0 Å². The van der Waals surface area contributed by atoms with E-state index in [0.29, 0.717) is 41.8 Å². The monoisotopic (exact) mass is 739 g/mol. The van der Waals surface area contributed by atoms with Crippen molar-refractivity contribution < 1.29 is 18.7 Å². The van der Waals surface area contributed by atoms with Gasteiger partial charge >= 0.3 is 6.01 Å². The summed E-state index contributed by atoms with van der Waals surface area (Å²) in [5.41, 5.74) is 6.19. The zero-order valence-electron chi connectivity index (χ0n) is 30.0. The summed E-state index contributed by atoms with van der Waals surface area (Å²) < 4.78 is 13.0. The highest BCUT2D eigenvalue weighted by molar-refractivity contribution is 7.09. The second-order valence-corrected chi connectivity index (χ2v) is 14.0. The van der Waals surface area contributed by atoms with Gasteiger partial charge in [-0.15, -0.1) is 16.4 Å². The fraction of sp³-hybridized carbons (Fsp3) is 0.225. The third kappa shape index (κ3) is 7.15. The lowest BCUT2D eigenvalue weighted by Gasteiger charge is -2.32. The Morgan fingerprint density at radius 1 is 0.981 bits per heavy atom. The average Bonchev–Trinajstić information content (AvgIpc) is 4.00. The first-order chi connectivity index (χ1) is 26.3. The highest BCUT2D eigenvalue weighted by atomic mass is 32.1. The number of amides is 2. The van der Waals surface area contributed by atoms with Crippen LogP contribution in [0.1, 0.15) is 50.2 Å². The fourth-order valence-corrected chi connectivity index (χ4v) is 7.33. The van der Waals surface area contributed by atoms with Crippen molar-refractivity contribution in [3.63, 3.8) is 0 Å². The molecule has 7 aromatic rings. The Bertz CT molecular complexity index is 2430. The van der Waals surface area contributed by atoms with Gasteiger partial charge in [-0.3, -0.25) is 9.59 Å². The molecule has 0 bridgehead atoms. The molecule has 1 N–H and O–H groups in total. The molecule has 272 valence electrons. The quantitative estimate of drug-likeness (QED) is 0.154. The topological polar surface area (TPSA) is 144 Å². The lowest BCUT2D eigenvalue weighted by atomic mass is 10.0. The Balaban J connectivity index is 0.869. The zero-order valence-corrected chi connectivity index (χ0v) is 30.8. The number of hydrogen-bond donors (Lipinski definition) is 1. The van der Waals surface area contributed by atoms with E-state index in [1.807, 2.05) is 75.6 Å². The molecular formula is C40H37N9O4S. The van der Waals surface area contributed by atoms with Crippen molar-refractivity contribution in [1.29, 1.82) is 0 Å². The first-order valence-electron chi connectivity index (χ1n) is 17.6. The molecule has 0 saturated carbocycles. The average molecular weight is 740 g/mol. The third-order valence-electron chi connectivity index (χ3n) is 9.67. The number of carbonyl (C=O) groups excluding carboxylic acids is 2. The Morgan fingerprint density at radius 2 is 1.81 bits per heavy atom. The fourth-order valence-electron chi connectivity index (χ4n) is 6.60. The standard InChI is InChI=1S/C40H37N9O4S/c1-25-11-12-30(47(2)36-13-16-41-40(44-36)52-3)21-31(25)32-23-49(46-45-32)29-14-17-48(18-15-29)39(51)28-9-6-8-27(19-28)38(50)42-22-37-43-33(24-54-37)35-20-26-7-4-5-10-34(26)53-35/h4-13,16,19-21,23-24,29H,14-15,17-18,22H2,1-3H3,(H,42,50). The van der Waals surface area contributed by atoms with E-state index in [1.165, 1.54) is 11.3 Å². The summed E-state index contributed by atoms with van der Waals surface area (Å²) >= 11 is 1.45. The van der Waals surface area contributed by atoms with Gasteiger partial charge in [0.25, 0.3) is 11.8 Å². The second-order valence-electron chi connectivity index (χ2n) is 13.1.